The van der Waals surface area contributed by atoms with Crippen LogP contribution >= 0.6 is 0 Å². The maximum atomic E-state index is 12.4. The monoisotopic (exact) mass is 282 g/mol. The summed E-state index contributed by atoms with van der Waals surface area (Å²) >= 11 is 0. The van der Waals surface area contributed by atoms with Gasteiger partial charge < -0.3 is 10.4 Å². The lowest BCUT2D eigenvalue weighted by Gasteiger charge is -2.08. The van der Waals surface area contributed by atoms with Gasteiger partial charge in [0.15, 0.2) is 0 Å². The molecule has 0 unspecified atom stereocenters. The second-order valence-electron chi connectivity index (χ2n) is 4.31. The largest absolute Gasteiger partial charge is 0.506 e. The minimum absolute atomic E-state index is 0.0940. The van der Waals surface area contributed by atoms with Crippen LogP contribution in [0.1, 0.15) is 16.8 Å². The van der Waals surface area contributed by atoms with E-state index in [-0.39, 0.29) is 5.75 Å². The highest BCUT2D eigenvalue weighted by atomic mass is 19.4. The van der Waals surface area contributed by atoms with Crippen molar-refractivity contribution in [2.75, 3.05) is 0 Å². The maximum absolute atomic E-state index is 12.4. The van der Waals surface area contributed by atoms with E-state index in [2.05, 4.69) is 10.3 Å². The number of rotatable bonds is 4. The number of hydrogen-bond donors (Lipinski definition) is 2. The second-order valence-corrected chi connectivity index (χ2v) is 4.31. The van der Waals surface area contributed by atoms with Crippen molar-refractivity contribution in [2.45, 2.75) is 19.3 Å². The SMILES string of the molecule is Oc1ccc(CNCc2ccc(C(F)(F)F)cc2)nc1. The van der Waals surface area contributed by atoms with Gasteiger partial charge in [0, 0.05) is 13.1 Å². The van der Waals surface area contributed by atoms with E-state index in [1.807, 2.05) is 0 Å². The molecule has 106 valence electrons. The quantitative estimate of drug-likeness (QED) is 0.905. The Labute approximate surface area is 114 Å². The smallest absolute Gasteiger partial charge is 0.416 e. The molecular weight excluding hydrogens is 269 g/mol. The second kappa shape index (κ2) is 5.92. The first-order chi connectivity index (χ1) is 9.45. The van der Waals surface area contributed by atoms with Crippen LogP contribution in [0.5, 0.6) is 5.75 Å². The third-order valence-corrected chi connectivity index (χ3v) is 2.73. The van der Waals surface area contributed by atoms with Gasteiger partial charge in [-0.3, -0.25) is 4.98 Å². The lowest BCUT2D eigenvalue weighted by atomic mass is 10.1. The number of pyridine rings is 1. The molecule has 0 saturated heterocycles. The highest BCUT2D eigenvalue weighted by Crippen LogP contribution is 2.29. The van der Waals surface area contributed by atoms with Crippen LogP contribution in [0.3, 0.4) is 0 Å². The first-order valence-corrected chi connectivity index (χ1v) is 5.96. The van der Waals surface area contributed by atoms with Crippen LogP contribution < -0.4 is 5.32 Å². The van der Waals surface area contributed by atoms with Crippen molar-refractivity contribution in [3.05, 3.63) is 59.4 Å². The van der Waals surface area contributed by atoms with Crippen molar-refractivity contribution in [1.82, 2.24) is 10.3 Å². The molecule has 2 aromatic rings. The molecule has 2 rings (SSSR count). The van der Waals surface area contributed by atoms with Gasteiger partial charge in [-0.25, -0.2) is 0 Å². The first-order valence-electron chi connectivity index (χ1n) is 5.96. The molecule has 3 nitrogen and oxygen atoms in total. The summed E-state index contributed by atoms with van der Waals surface area (Å²) in [4.78, 5) is 3.99. The van der Waals surface area contributed by atoms with Crippen LogP contribution in [0.15, 0.2) is 42.6 Å². The van der Waals surface area contributed by atoms with Crippen LogP contribution in [0.25, 0.3) is 0 Å². The van der Waals surface area contributed by atoms with Crippen LogP contribution in [-0.4, -0.2) is 10.1 Å². The molecule has 0 radical (unpaired) electrons. The molecule has 2 N–H and O–H groups in total. The number of alkyl halides is 3. The molecular formula is C14H13F3N2O. The molecule has 0 amide bonds. The zero-order valence-corrected chi connectivity index (χ0v) is 10.5. The first kappa shape index (κ1) is 14.3. The van der Waals surface area contributed by atoms with E-state index in [9.17, 15) is 13.2 Å². The van der Waals surface area contributed by atoms with Crippen molar-refractivity contribution in [2.24, 2.45) is 0 Å². The lowest BCUT2D eigenvalue weighted by molar-refractivity contribution is -0.137. The minimum atomic E-state index is -4.30. The predicted octanol–water partition coefficient (Wildman–Crippen LogP) is 3.10. The van der Waals surface area contributed by atoms with Crippen LogP contribution in [0.4, 0.5) is 13.2 Å². The summed E-state index contributed by atoms with van der Waals surface area (Å²) in [6.45, 7) is 0.919. The molecule has 1 heterocycles. The topological polar surface area (TPSA) is 45.1 Å². The van der Waals surface area contributed by atoms with E-state index >= 15 is 0 Å². The van der Waals surface area contributed by atoms with Gasteiger partial charge in [0.05, 0.1) is 17.5 Å². The zero-order chi connectivity index (χ0) is 14.6. The molecule has 20 heavy (non-hydrogen) atoms. The number of benzene rings is 1. The molecule has 0 aliphatic carbocycles. The predicted molar refractivity (Wildman–Crippen MR) is 67.9 cm³/mol. The van der Waals surface area contributed by atoms with Gasteiger partial charge in [-0.2, -0.15) is 13.2 Å². The Kier molecular flexibility index (Phi) is 4.24. The summed E-state index contributed by atoms with van der Waals surface area (Å²) in [6.07, 6.45) is -2.96. The Morgan fingerprint density at radius 1 is 1.00 bits per heavy atom. The van der Waals surface area contributed by atoms with Crippen molar-refractivity contribution >= 4 is 0 Å². The van der Waals surface area contributed by atoms with Crippen molar-refractivity contribution < 1.29 is 18.3 Å². The highest BCUT2D eigenvalue weighted by molar-refractivity contribution is 5.24. The molecule has 1 aromatic carbocycles. The Morgan fingerprint density at radius 3 is 2.25 bits per heavy atom. The molecule has 0 fully saturated rings. The summed E-state index contributed by atoms with van der Waals surface area (Å²) in [5.74, 6) is 0.0940. The van der Waals surface area contributed by atoms with E-state index < -0.39 is 11.7 Å². The third kappa shape index (κ3) is 3.96. The number of nitrogens with zero attached hydrogens (tertiary/aromatic N) is 1. The van der Waals surface area contributed by atoms with Crippen LogP contribution in [0.2, 0.25) is 0 Å². The third-order valence-electron chi connectivity index (χ3n) is 2.73. The molecule has 0 atom stereocenters. The maximum Gasteiger partial charge on any atom is 0.416 e. The van der Waals surface area contributed by atoms with Gasteiger partial charge in [0.1, 0.15) is 5.75 Å². The number of aromatic hydroxyl groups is 1. The van der Waals surface area contributed by atoms with Gasteiger partial charge >= 0.3 is 6.18 Å². The van der Waals surface area contributed by atoms with Gasteiger partial charge in [0.2, 0.25) is 0 Å². The molecule has 1 aromatic heterocycles. The van der Waals surface area contributed by atoms with Crippen molar-refractivity contribution in [3.63, 3.8) is 0 Å². The molecule has 0 aliphatic rings. The summed E-state index contributed by atoms with van der Waals surface area (Å²) in [7, 11) is 0. The molecule has 6 heteroatoms. The lowest BCUT2D eigenvalue weighted by Crippen LogP contribution is -2.14. The number of hydrogen-bond acceptors (Lipinski definition) is 3. The van der Waals surface area contributed by atoms with Crippen molar-refractivity contribution in [1.29, 1.82) is 0 Å². The van der Waals surface area contributed by atoms with Crippen LogP contribution in [-0.2, 0) is 19.3 Å². The Balaban J connectivity index is 1.87. The molecule has 0 saturated carbocycles. The molecule has 0 bridgehead atoms. The number of nitrogens with one attached hydrogen (secondary N) is 1. The summed E-state index contributed by atoms with van der Waals surface area (Å²) in [5.41, 5.74) is 0.855. The Hall–Kier alpha value is -2.08. The fourth-order valence-corrected chi connectivity index (χ4v) is 1.67. The van der Waals surface area contributed by atoms with E-state index in [0.29, 0.717) is 13.1 Å². The average molecular weight is 282 g/mol. The Morgan fingerprint density at radius 2 is 1.70 bits per heavy atom. The van der Waals surface area contributed by atoms with E-state index in [0.717, 1.165) is 23.4 Å². The standard InChI is InChI=1S/C14H13F3N2O/c15-14(16,17)11-3-1-10(2-4-11)7-18-8-12-5-6-13(20)9-19-12/h1-6,9,18,20H,7-8H2. The fraction of sp³-hybridized carbons (Fsp3) is 0.214. The van der Waals surface area contributed by atoms with Gasteiger partial charge in [-0.15, -0.1) is 0 Å². The zero-order valence-electron chi connectivity index (χ0n) is 10.5. The summed E-state index contributed by atoms with van der Waals surface area (Å²) in [5, 5.41) is 12.1. The van der Waals surface area contributed by atoms with Crippen molar-refractivity contribution in [3.8, 4) is 5.75 Å². The highest BCUT2D eigenvalue weighted by Gasteiger charge is 2.29. The van der Waals surface area contributed by atoms with Gasteiger partial charge in [-0.1, -0.05) is 12.1 Å². The normalized spacial score (nSPS) is 11.6. The summed E-state index contributed by atoms with van der Waals surface area (Å²) < 4.78 is 37.1. The van der Waals surface area contributed by atoms with E-state index in [4.69, 9.17) is 5.11 Å². The number of aromatic nitrogens is 1. The molecule has 0 aliphatic heterocycles. The van der Waals surface area contributed by atoms with Crippen LogP contribution in [0, 0.1) is 0 Å². The number of halogens is 3. The average Bonchev–Trinajstić information content (AvgIpc) is 2.41. The summed E-state index contributed by atoms with van der Waals surface area (Å²) in [6, 6.07) is 8.23. The van der Waals surface area contributed by atoms with E-state index in [1.54, 1.807) is 6.07 Å². The van der Waals surface area contributed by atoms with Gasteiger partial charge in [0.25, 0.3) is 0 Å². The Bertz CT molecular complexity index is 550. The minimum Gasteiger partial charge on any atom is -0.506 e. The molecule has 0 spiro atoms. The van der Waals surface area contributed by atoms with Gasteiger partial charge in [-0.05, 0) is 29.8 Å². The fourth-order valence-electron chi connectivity index (χ4n) is 1.67. The van der Waals surface area contributed by atoms with E-state index in [1.165, 1.54) is 24.4 Å².